The number of hydrogen-bond donors (Lipinski definition) is 1. The number of aryl methyl sites for hydroxylation is 1. The minimum Gasteiger partial charge on any atom is -0.340 e. The van der Waals surface area contributed by atoms with E-state index in [0.717, 1.165) is 17.1 Å². The summed E-state index contributed by atoms with van der Waals surface area (Å²) in [6.07, 6.45) is 1.75. The highest BCUT2D eigenvalue weighted by Gasteiger charge is 1.99. The van der Waals surface area contributed by atoms with E-state index in [4.69, 9.17) is 0 Å². The number of benzene rings is 1. The van der Waals surface area contributed by atoms with Gasteiger partial charge < -0.3 is 5.32 Å². The zero-order valence-corrected chi connectivity index (χ0v) is 9.27. The van der Waals surface area contributed by atoms with Crippen molar-refractivity contribution in [3.05, 3.63) is 66.4 Å². The van der Waals surface area contributed by atoms with Crippen LogP contribution >= 0.6 is 0 Å². The molecule has 80 valence electrons. The average molecular weight is 210 g/mol. The van der Waals surface area contributed by atoms with Crippen molar-refractivity contribution in [1.29, 1.82) is 0 Å². The second kappa shape index (κ2) is 4.62. The van der Waals surface area contributed by atoms with Crippen molar-refractivity contribution in [1.82, 2.24) is 4.98 Å². The molecule has 1 aromatic heterocycles. The van der Waals surface area contributed by atoms with E-state index in [9.17, 15) is 0 Å². The van der Waals surface area contributed by atoms with E-state index < -0.39 is 0 Å². The summed E-state index contributed by atoms with van der Waals surface area (Å²) >= 11 is 0. The third-order valence-electron chi connectivity index (χ3n) is 2.34. The molecule has 2 heteroatoms. The average Bonchev–Trinajstić information content (AvgIpc) is 2.31. The number of anilines is 1. The van der Waals surface area contributed by atoms with Crippen LogP contribution in [0.25, 0.3) is 5.70 Å². The molecule has 0 aliphatic carbocycles. The van der Waals surface area contributed by atoms with E-state index in [1.165, 1.54) is 5.56 Å². The Morgan fingerprint density at radius 1 is 1.12 bits per heavy atom. The van der Waals surface area contributed by atoms with Crippen molar-refractivity contribution >= 4 is 11.5 Å². The first-order valence-corrected chi connectivity index (χ1v) is 5.20. The second-order valence-corrected chi connectivity index (χ2v) is 3.68. The quantitative estimate of drug-likeness (QED) is 0.839. The van der Waals surface area contributed by atoms with Gasteiger partial charge in [-0.05, 0) is 24.6 Å². The van der Waals surface area contributed by atoms with Crippen molar-refractivity contribution in [2.75, 3.05) is 5.32 Å². The molecule has 2 nitrogen and oxygen atoms in total. The Balaban J connectivity index is 2.12. The molecule has 0 unspecified atom stereocenters. The van der Waals surface area contributed by atoms with Gasteiger partial charge in [0, 0.05) is 11.9 Å². The lowest BCUT2D eigenvalue weighted by atomic mass is 10.1. The molecule has 0 atom stereocenters. The van der Waals surface area contributed by atoms with Gasteiger partial charge in [-0.25, -0.2) is 4.98 Å². The van der Waals surface area contributed by atoms with Crippen LogP contribution < -0.4 is 5.32 Å². The molecule has 1 heterocycles. The van der Waals surface area contributed by atoms with Gasteiger partial charge in [-0.2, -0.15) is 0 Å². The molecule has 0 bridgehead atoms. The van der Waals surface area contributed by atoms with Crippen LogP contribution in [0.2, 0.25) is 0 Å². The van der Waals surface area contributed by atoms with Crippen molar-refractivity contribution in [2.24, 2.45) is 0 Å². The molecule has 2 aromatic rings. The topological polar surface area (TPSA) is 24.9 Å². The maximum absolute atomic E-state index is 4.19. The molecular formula is C14H14N2. The Bertz CT molecular complexity index is 472. The zero-order chi connectivity index (χ0) is 11.4. The third kappa shape index (κ3) is 2.48. The molecule has 0 saturated carbocycles. The van der Waals surface area contributed by atoms with E-state index in [0.29, 0.717) is 0 Å². The summed E-state index contributed by atoms with van der Waals surface area (Å²) in [5.74, 6) is 0.813. The highest BCUT2D eigenvalue weighted by atomic mass is 15.0. The van der Waals surface area contributed by atoms with Gasteiger partial charge in [-0.3, -0.25) is 0 Å². The van der Waals surface area contributed by atoms with Crippen LogP contribution in [0.3, 0.4) is 0 Å². The van der Waals surface area contributed by atoms with Gasteiger partial charge in [0.1, 0.15) is 5.82 Å². The molecule has 0 aliphatic rings. The molecule has 0 saturated heterocycles. The first-order chi connectivity index (χ1) is 7.75. The maximum atomic E-state index is 4.19. The van der Waals surface area contributed by atoms with Gasteiger partial charge in [-0.15, -0.1) is 0 Å². The van der Waals surface area contributed by atoms with Crippen molar-refractivity contribution in [2.45, 2.75) is 6.92 Å². The standard InChI is InChI=1S/C14H14N2/c1-11-6-8-13(9-7-11)12(2)16-14-5-3-4-10-15-14/h3-10H,2H2,1H3,(H,15,16). The fraction of sp³-hybridized carbons (Fsp3) is 0.0714. The number of pyridine rings is 1. The predicted octanol–water partition coefficient (Wildman–Crippen LogP) is 3.47. The van der Waals surface area contributed by atoms with Crippen molar-refractivity contribution in [3.8, 4) is 0 Å². The normalized spacial score (nSPS) is 9.81. The molecule has 0 amide bonds. The van der Waals surface area contributed by atoms with E-state index in [-0.39, 0.29) is 0 Å². The Morgan fingerprint density at radius 2 is 1.88 bits per heavy atom. The van der Waals surface area contributed by atoms with E-state index in [2.05, 4.69) is 35.9 Å². The monoisotopic (exact) mass is 210 g/mol. The molecular weight excluding hydrogens is 196 g/mol. The third-order valence-corrected chi connectivity index (χ3v) is 2.34. The predicted molar refractivity (Wildman–Crippen MR) is 68.1 cm³/mol. The summed E-state index contributed by atoms with van der Waals surface area (Å²) in [6.45, 7) is 6.07. The van der Waals surface area contributed by atoms with E-state index >= 15 is 0 Å². The fourth-order valence-corrected chi connectivity index (χ4v) is 1.42. The fourth-order valence-electron chi connectivity index (χ4n) is 1.42. The van der Waals surface area contributed by atoms with Crippen LogP contribution in [0.1, 0.15) is 11.1 Å². The molecule has 0 spiro atoms. The number of rotatable bonds is 3. The first kappa shape index (κ1) is 10.4. The second-order valence-electron chi connectivity index (χ2n) is 3.68. The highest BCUT2D eigenvalue weighted by molar-refractivity contribution is 5.73. The van der Waals surface area contributed by atoms with Gasteiger partial charge in [0.25, 0.3) is 0 Å². The first-order valence-electron chi connectivity index (χ1n) is 5.20. The minimum atomic E-state index is 0.813. The van der Waals surface area contributed by atoms with Crippen LogP contribution in [0.4, 0.5) is 5.82 Å². The lowest BCUT2D eigenvalue weighted by Gasteiger charge is -2.08. The largest absolute Gasteiger partial charge is 0.340 e. The highest BCUT2D eigenvalue weighted by Crippen LogP contribution is 2.15. The SMILES string of the molecule is C=C(Nc1ccccn1)c1ccc(C)cc1. The van der Waals surface area contributed by atoms with Crippen LogP contribution in [0.15, 0.2) is 55.2 Å². The summed E-state index contributed by atoms with van der Waals surface area (Å²) in [6, 6.07) is 14.0. The number of hydrogen-bond acceptors (Lipinski definition) is 2. The van der Waals surface area contributed by atoms with Gasteiger partial charge in [0.05, 0.1) is 0 Å². The Labute approximate surface area is 95.7 Å². The Morgan fingerprint density at radius 3 is 2.50 bits per heavy atom. The summed E-state index contributed by atoms with van der Waals surface area (Å²) in [5.41, 5.74) is 3.18. The van der Waals surface area contributed by atoms with Crippen LogP contribution in [-0.4, -0.2) is 4.98 Å². The summed E-state index contributed by atoms with van der Waals surface area (Å²) in [4.78, 5) is 4.19. The smallest absolute Gasteiger partial charge is 0.130 e. The van der Waals surface area contributed by atoms with Crippen molar-refractivity contribution in [3.63, 3.8) is 0 Å². The molecule has 1 aromatic carbocycles. The van der Waals surface area contributed by atoms with Crippen LogP contribution in [0.5, 0.6) is 0 Å². The number of aromatic nitrogens is 1. The number of nitrogens with zero attached hydrogens (tertiary/aromatic N) is 1. The van der Waals surface area contributed by atoms with Gasteiger partial charge in [0.2, 0.25) is 0 Å². The molecule has 16 heavy (non-hydrogen) atoms. The van der Waals surface area contributed by atoms with Crippen molar-refractivity contribution < 1.29 is 0 Å². The van der Waals surface area contributed by atoms with E-state index in [1.54, 1.807) is 6.20 Å². The van der Waals surface area contributed by atoms with Crippen LogP contribution in [-0.2, 0) is 0 Å². The maximum Gasteiger partial charge on any atom is 0.130 e. The van der Waals surface area contributed by atoms with Crippen LogP contribution in [0, 0.1) is 6.92 Å². The van der Waals surface area contributed by atoms with Gasteiger partial charge in [-0.1, -0.05) is 42.5 Å². The Kier molecular flexibility index (Phi) is 3.01. The summed E-state index contributed by atoms with van der Waals surface area (Å²) in [7, 11) is 0. The molecule has 2 rings (SSSR count). The molecule has 0 aliphatic heterocycles. The molecule has 1 N–H and O–H groups in total. The molecule has 0 fully saturated rings. The zero-order valence-electron chi connectivity index (χ0n) is 9.27. The lowest BCUT2D eigenvalue weighted by molar-refractivity contribution is 1.31. The van der Waals surface area contributed by atoms with E-state index in [1.807, 2.05) is 30.3 Å². The van der Waals surface area contributed by atoms with Gasteiger partial charge >= 0.3 is 0 Å². The van der Waals surface area contributed by atoms with Gasteiger partial charge in [0.15, 0.2) is 0 Å². The lowest BCUT2D eigenvalue weighted by Crippen LogP contribution is -1.98. The molecule has 0 radical (unpaired) electrons. The minimum absolute atomic E-state index is 0.813. The summed E-state index contributed by atoms with van der Waals surface area (Å²) in [5, 5.41) is 3.17. The number of nitrogens with one attached hydrogen (secondary N) is 1. The summed E-state index contributed by atoms with van der Waals surface area (Å²) < 4.78 is 0. The Hall–Kier alpha value is -2.09.